The van der Waals surface area contributed by atoms with Crippen LogP contribution < -0.4 is 64.6 Å². The number of aromatic nitrogens is 2. The van der Waals surface area contributed by atoms with Crippen LogP contribution in [0.4, 0.5) is 0 Å². The number of aliphatic hydroxyl groups is 1. The number of aliphatic hydroxyl groups excluding tert-OH is 1. The summed E-state index contributed by atoms with van der Waals surface area (Å²) in [6, 6.07) is -0.461. The Balaban J connectivity index is 1.18. The van der Waals surface area contributed by atoms with Crippen LogP contribution in [0, 0.1) is 11.8 Å². The fourth-order valence-corrected chi connectivity index (χ4v) is 17.4. The summed E-state index contributed by atoms with van der Waals surface area (Å²) in [4.78, 5) is 261. The van der Waals surface area contributed by atoms with E-state index < -0.39 is 217 Å². The number of primary amides is 1. The van der Waals surface area contributed by atoms with Gasteiger partial charge in [-0.05, 0) is 137 Å². The molecule has 0 bridgehead atoms. The third-order valence-electron chi connectivity index (χ3n) is 24.0. The lowest BCUT2D eigenvalue weighted by molar-refractivity contribution is -0.149. The molecule has 5 heterocycles. The molecule has 0 spiro atoms. The molecule has 716 valence electrons. The first kappa shape index (κ1) is 104. The number of phenolic OH excluding ortho intramolecular Hbond substituents is 1. The number of fused-ring (bicyclic) bond motifs is 4. The molecule has 2 aromatic heterocycles. The van der Waals surface area contributed by atoms with Crippen LogP contribution in [-0.4, -0.2) is 300 Å². The van der Waals surface area contributed by atoms with Gasteiger partial charge >= 0.3 is 5.97 Å². The van der Waals surface area contributed by atoms with E-state index in [1.54, 1.807) is 88.6 Å². The zero-order valence-corrected chi connectivity index (χ0v) is 77.1. The van der Waals surface area contributed by atoms with E-state index in [1.165, 1.54) is 67.0 Å². The Labute approximate surface area is 766 Å². The van der Waals surface area contributed by atoms with Crippen molar-refractivity contribution in [3.63, 3.8) is 0 Å². The molecule has 19 N–H and O–H groups in total. The van der Waals surface area contributed by atoms with E-state index in [0.29, 0.717) is 64.2 Å². The molecule has 3 aromatic carbocycles. The summed E-state index contributed by atoms with van der Waals surface area (Å²) < 4.78 is 0. The number of nitrogens with zero attached hydrogens (tertiary/aromatic N) is 5. The Morgan fingerprint density at radius 2 is 0.977 bits per heavy atom. The number of amides is 16. The molecule has 3 aliphatic rings. The second-order valence-corrected chi connectivity index (χ2v) is 35.9. The molecule has 3 fully saturated rings. The third-order valence-corrected chi connectivity index (χ3v) is 25.0. The topological polar surface area (TPSA) is 571 Å². The number of hydrogen-bond donors (Lipinski definition) is 17. The van der Waals surface area contributed by atoms with Crippen LogP contribution in [0.1, 0.15) is 168 Å². The number of nitrogens with two attached hydrogens (primary N) is 2. The number of carboxylic acids is 1. The van der Waals surface area contributed by atoms with E-state index in [9.17, 15) is 63.3 Å². The number of carbonyl (C=O) groups is 17. The molecule has 0 unspecified atom stereocenters. The summed E-state index contributed by atoms with van der Waals surface area (Å²) in [5.41, 5.74) is 14.3. The third kappa shape index (κ3) is 29.4. The number of benzene rings is 3. The van der Waals surface area contributed by atoms with Gasteiger partial charge in [0.05, 0.1) is 18.9 Å². The summed E-state index contributed by atoms with van der Waals surface area (Å²) in [6.45, 7) is 10.4. The van der Waals surface area contributed by atoms with Crippen molar-refractivity contribution in [1.29, 1.82) is 0 Å². The number of carboxylic acid groups (broad SMARTS) is 1. The van der Waals surface area contributed by atoms with Gasteiger partial charge in [0, 0.05) is 99.9 Å². The number of aromatic amines is 2. The van der Waals surface area contributed by atoms with Crippen LogP contribution in [0.5, 0.6) is 5.75 Å². The molecule has 40 heteroatoms. The van der Waals surface area contributed by atoms with Gasteiger partial charge in [0.1, 0.15) is 90.3 Å². The lowest BCUT2D eigenvalue weighted by Crippen LogP contribution is -2.61. The summed E-state index contributed by atoms with van der Waals surface area (Å²) in [7, 11) is 4.01. The molecule has 131 heavy (non-hydrogen) atoms. The number of likely N-dealkylation sites (N-methyl/N-ethyl adjacent to an activating group) is 3. The van der Waals surface area contributed by atoms with Crippen molar-refractivity contribution in [2.24, 2.45) is 23.3 Å². The number of aliphatic carboxylic acids is 1. The SMILES string of the molecule is CCCC[C@H]1C(=O)N(C)[C@@H](CCCC)C(=O)N[C@@H](CC(C)C)C(=O)N[C@H](C(=O)NCC(N)=O)CSCC(=O)N[C@@H](Cc2ccc(O)cc2)C(=O)N(C)[C@@H](C)C(=O)N[C@@H](CCC(=O)O)C(=O)N2CCC[C@H]2C(=O)N[C@@H](CCCN)C(=O)N[C@@H](CC(C)C)C(=O)N2CCC[C@H]2C(=O)N[C@@H](Cc2c[nH]c3ccccc23)C(=O)N[C@@H](CO)C(=O)N[C@@H](Cc2c[nH]c3ccccc23)C(=O)N1C. The molecule has 0 aliphatic carbocycles. The first-order chi connectivity index (χ1) is 62.4. The number of aromatic hydroxyl groups is 1. The second-order valence-electron chi connectivity index (χ2n) is 34.8. The quantitative estimate of drug-likeness (QED) is 0.0361. The van der Waals surface area contributed by atoms with E-state index in [1.807, 2.05) is 13.8 Å². The van der Waals surface area contributed by atoms with Gasteiger partial charge in [-0.25, -0.2) is 0 Å². The van der Waals surface area contributed by atoms with Gasteiger partial charge in [-0.15, -0.1) is 11.8 Å². The molecule has 16 amide bonds. The summed E-state index contributed by atoms with van der Waals surface area (Å²) in [5, 5.41) is 59.7. The maximum atomic E-state index is 15.7. The summed E-state index contributed by atoms with van der Waals surface area (Å²) >= 11 is 0.802. The van der Waals surface area contributed by atoms with E-state index in [4.69, 9.17) is 11.5 Å². The number of nitrogens with one attached hydrogen (secondary N) is 12. The first-order valence-corrected chi connectivity index (χ1v) is 46.2. The van der Waals surface area contributed by atoms with Gasteiger partial charge < -0.3 is 114 Å². The van der Waals surface area contributed by atoms with E-state index >= 15 is 33.6 Å². The highest BCUT2D eigenvalue weighted by Crippen LogP contribution is 2.28. The minimum absolute atomic E-state index is 0.0127. The monoisotopic (exact) mass is 1840 g/mol. The van der Waals surface area contributed by atoms with Crippen molar-refractivity contribution in [1.82, 2.24) is 87.6 Å². The number of phenols is 1. The van der Waals surface area contributed by atoms with Crippen molar-refractivity contribution < 1.29 is 96.8 Å². The van der Waals surface area contributed by atoms with Crippen molar-refractivity contribution in [3.05, 3.63) is 102 Å². The fraction of sp³-hybridized carbons (Fsp3) is 0.571. The van der Waals surface area contributed by atoms with Gasteiger partial charge in [0.15, 0.2) is 0 Å². The van der Waals surface area contributed by atoms with Crippen LogP contribution in [0.15, 0.2) is 85.2 Å². The van der Waals surface area contributed by atoms with Crippen molar-refractivity contribution in [2.75, 3.05) is 65.4 Å². The number of unbranched alkanes of at least 4 members (excludes halogenated alkanes) is 2. The molecule has 5 aromatic rings. The average molecular weight is 1840 g/mol. The van der Waals surface area contributed by atoms with Crippen LogP contribution in [0.2, 0.25) is 0 Å². The molecular weight excluding hydrogens is 1710 g/mol. The van der Waals surface area contributed by atoms with Crippen molar-refractivity contribution in [3.8, 4) is 5.75 Å². The highest BCUT2D eigenvalue weighted by molar-refractivity contribution is 8.00. The number of H-pyrrole nitrogens is 2. The van der Waals surface area contributed by atoms with E-state index in [-0.39, 0.29) is 126 Å². The van der Waals surface area contributed by atoms with Gasteiger partial charge in [-0.2, -0.15) is 0 Å². The van der Waals surface area contributed by atoms with Gasteiger partial charge in [-0.3, -0.25) is 81.5 Å². The van der Waals surface area contributed by atoms with Crippen LogP contribution in [0.25, 0.3) is 21.8 Å². The highest BCUT2D eigenvalue weighted by Gasteiger charge is 2.45. The van der Waals surface area contributed by atoms with Crippen LogP contribution in [-0.2, 0) is 101 Å². The molecular formula is C91H131N19O20S. The lowest BCUT2D eigenvalue weighted by atomic mass is 9.99. The van der Waals surface area contributed by atoms with Crippen molar-refractivity contribution in [2.45, 2.75) is 255 Å². The Bertz CT molecular complexity index is 4850. The summed E-state index contributed by atoms with van der Waals surface area (Å²) in [5.74, 6) is -16.8. The Kier molecular flexibility index (Phi) is 40.0. The molecule has 39 nitrogen and oxygen atoms in total. The van der Waals surface area contributed by atoms with Crippen LogP contribution >= 0.6 is 11.8 Å². The number of carbonyl (C=O) groups excluding carboxylic acids is 16. The predicted octanol–water partition coefficient (Wildman–Crippen LogP) is 0.646. The normalized spacial score (nSPS) is 24.7. The van der Waals surface area contributed by atoms with E-state index in [0.717, 1.165) is 21.6 Å². The zero-order valence-electron chi connectivity index (χ0n) is 76.3. The minimum atomic E-state index is -1.83. The number of thioether (sulfide) groups is 1. The maximum Gasteiger partial charge on any atom is 0.303 e. The number of para-hydroxylation sites is 2. The summed E-state index contributed by atoms with van der Waals surface area (Å²) in [6.07, 6.45) is 4.00. The first-order valence-electron chi connectivity index (χ1n) is 45.1. The standard InChI is InChI=1S/C91H131N19O20S/c1-11-13-27-71-84(123)100-64(40-51(3)4)81(120)105-70(79(118)96-47-75(93)113)49-131-50-76(114)97-67(42-54-31-33-57(112)34-32-54)87(126)106(8)53(7)78(117)99-63(35-36-77(115)116)89(128)109-38-20-29-72(109)85(124)98-62(26-19-37-92)80(119)102-66(41-52(5)6)90(129)110-39-21-30-73(110)86(125)101-65(43-55-45-94-60-24-17-15-22-58(55)60)82(121)104-69(48-111)83(122)103-68(44-56-46-95-61-25-18-16-23-59(56)61)88(127)108(10)74(28-14-12-2)91(130)107(71)9/h15-18,22-25,31-34,45-46,51-53,62-74,94-95,111-112H,11-14,19-21,26-30,35-44,47-50,92H2,1-10H3,(H2,93,113)(H,96,118)(H,97,114)(H,98,124)(H,99,117)(H,100,123)(H,101,125)(H,102,119)(H,103,122)(H,104,121)(H,105,120)(H,115,116)/t53-,62-,63-,64-,65-,66-,67-,68-,69-,70-,71-,72-,73-,74-/m0/s1. The largest absolute Gasteiger partial charge is 0.508 e. The van der Waals surface area contributed by atoms with Gasteiger partial charge in [0.25, 0.3) is 0 Å². The van der Waals surface area contributed by atoms with Gasteiger partial charge in [0.2, 0.25) is 94.5 Å². The molecule has 3 aliphatic heterocycles. The smallest absolute Gasteiger partial charge is 0.303 e. The van der Waals surface area contributed by atoms with Gasteiger partial charge in [-0.1, -0.05) is 116 Å². The Morgan fingerprint density at radius 1 is 0.504 bits per heavy atom. The fourth-order valence-electron chi connectivity index (χ4n) is 16.6. The second kappa shape index (κ2) is 50.3. The zero-order chi connectivity index (χ0) is 96.0. The number of hydrogen-bond acceptors (Lipinski definition) is 21. The molecule has 3 saturated heterocycles. The Hall–Kier alpha value is -12.2. The molecule has 8 rings (SSSR count). The molecule has 14 atom stereocenters. The highest BCUT2D eigenvalue weighted by atomic mass is 32.2. The predicted molar refractivity (Wildman–Crippen MR) is 488 cm³/mol. The molecule has 0 saturated carbocycles. The molecule has 0 radical (unpaired) electrons. The average Bonchev–Trinajstić information content (AvgIpc) is 1.79. The Morgan fingerprint density at radius 3 is 1.53 bits per heavy atom. The lowest BCUT2D eigenvalue weighted by Gasteiger charge is -2.36. The van der Waals surface area contributed by atoms with E-state index in [2.05, 4.69) is 63.1 Å². The van der Waals surface area contributed by atoms with Crippen LogP contribution in [0.3, 0.4) is 0 Å². The van der Waals surface area contributed by atoms with Crippen molar-refractivity contribution >= 4 is 134 Å². The maximum absolute atomic E-state index is 15.7. The minimum Gasteiger partial charge on any atom is -0.508 e. The number of rotatable bonds is 26.